The highest BCUT2D eigenvalue weighted by molar-refractivity contribution is 9.10. The number of amides is 1. The third kappa shape index (κ3) is 5.98. The molecule has 0 saturated carbocycles. The third-order valence-electron chi connectivity index (χ3n) is 4.73. The molecule has 0 unspecified atom stereocenters. The van der Waals surface area contributed by atoms with Crippen LogP contribution in [0.1, 0.15) is 30.4 Å². The molecule has 3 nitrogen and oxygen atoms in total. The van der Waals surface area contributed by atoms with Crippen LogP contribution in [0.15, 0.2) is 59.1 Å². The highest BCUT2D eigenvalue weighted by Crippen LogP contribution is 2.15. The first-order valence-electron chi connectivity index (χ1n) is 8.99. The summed E-state index contributed by atoms with van der Waals surface area (Å²) in [6.07, 6.45) is 3.42. The number of carbonyl (C=O) groups excluding carboxylic acids is 1. The molecular weight excluding hydrogens is 376 g/mol. The van der Waals surface area contributed by atoms with Crippen molar-refractivity contribution in [2.24, 2.45) is 0 Å². The van der Waals surface area contributed by atoms with Crippen LogP contribution in [-0.2, 0) is 17.8 Å². The molecule has 0 atom stereocenters. The molecule has 1 amide bonds. The number of nitrogens with zero attached hydrogens (tertiary/aromatic N) is 1. The summed E-state index contributed by atoms with van der Waals surface area (Å²) in [6.45, 7) is 3.10. The lowest BCUT2D eigenvalue weighted by Gasteiger charge is -2.32. The van der Waals surface area contributed by atoms with E-state index in [1.165, 1.54) is 11.1 Å². The maximum atomic E-state index is 12.2. The first kappa shape index (κ1) is 18.2. The smallest absolute Gasteiger partial charge is 0.220 e. The number of rotatable bonds is 6. The minimum absolute atomic E-state index is 0.168. The quantitative estimate of drug-likeness (QED) is 0.789. The Morgan fingerprint density at radius 1 is 1.04 bits per heavy atom. The Balaban J connectivity index is 1.37. The van der Waals surface area contributed by atoms with Gasteiger partial charge in [0.1, 0.15) is 0 Å². The molecule has 2 aromatic rings. The Labute approximate surface area is 158 Å². The molecule has 1 saturated heterocycles. The lowest BCUT2D eigenvalue weighted by molar-refractivity contribution is -0.122. The fraction of sp³-hybridized carbons (Fsp3) is 0.381. The molecule has 1 fully saturated rings. The lowest BCUT2D eigenvalue weighted by Crippen LogP contribution is -2.44. The molecule has 1 aliphatic rings. The van der Waals surface area contributed by atoms with Crippen molar-refractivity contribution in [1.29, 1.82) is 0 Å². The van der Waals surface area contributed by atoms with E-state index >= 15 is 0 Å². The maximum absolute atomic E-state index is 12.2. The second kappa shape index (κ2) is 9.16. The summed E-state index contributed by atoms with van der Waals surface area (Å²) in [5.41, 5.74) is 2.56. The number of halogens is 1. The van der Waals surface area contributed by atoms with Crippen molar-refractivity contribution in [2.45, 2.75) is 38.3 Å². The zero-order valence-corrected chi connectivity index (χ0v) is 16.0. The first-order chi connectivity index (χ1) is 12.2. The summed E-state index contributed by atoms with van der Waals surface area (Å²) in [6, 6.07) is 19.1. The van der Waals surface area contributed by atoms with Crippen molar-refractivity contribution in [2.75, 3.05) is 13.1 Å². The number of piperidine rings is 1. The van der Waals surface area contributed by atoms with E-state index in [1.54, 1.807) is 0 Å². The number of likely N-dealkylation sites (tertiary alicyclic amines) is 1. The van der Waals surface area contributed by atoms with Gasteiger partial charge in [-0.15, -0.1) is 0 Å². The van der Waals surface area contributed by atoms with Gasteiger partial charge in [0.25, 0.3) is 0 Å². The van der Waals surface area contributed by atoms with Gasteiger partial charge in [-0.1, -0.05) is 58.4 Å². The van der Waals surface area contributed by atoms with Gasteiger partial charge in [-0.05, 0) is 42.5 Å². The molecule has 0 bridgehead atoms. The summed E-state index contributed by atoms with van der Waals surface area (Å²) in [5, 5.41) is 3.21. The summed E-state index contributed by atoms with van der Waals surface area (Å²) >= 11 is 3.47. The number of carbonyl (C=O) groups is 1. The van der Waals surface area contributed by atoms with Crippen molar-refractivity contribution in [3.05, 3.63) is 70.2 Å². The Bertz CT molecular complexity index is 681. The van der Waals surface area contributed by atoms with Gasteiger partial charge in [0, 0.05) is 36.6 Å². The van der Waals surface area contributed by atoms with Gasteiger partial charge in [0.15, 0.2) is 0 Å². The predicted molar refractivity (Wildman–Crippen MR) is 105 cm³/mol. The zero-order valence-electron chi connectivity index (χ0n) is 14.5. The van der Waals surface area contributed by atoms with Gasteiger partial charge in [-0.3, -0.25) is 9.69 Å². The van der Waals surface area contributed by atoms with E-state index in [2.05, 4.69) is 68.6 Å². The molecule has 4 heteroatoms. The number of hydrogen-bond acceptors (Lipinski definition) is 2. The Morgan fingerprint density at radius 2 is 1.76 bits per heavy atom. The molecule has 0 radical (unpaired) electrons. The van der Waals surface area contributed by atoms with Gasteiger partial charge in [-0.25, -0.2) is 0 Å². The molecule has 25 heavy (non-hydrogen) atoms. The molecule has 2 aromatic carbocycles. The summed E-state index contributed by atoms with van der Waals surface area (Å²) in [5.74, 6) is 0.168. The third-order valence-corrected chi connectivity index (χ3v) is 5.22. The maximum Gasteiger partial charge on any atom is 0.220 e. The van der Waals surface area contributed by atoms with Crippen LogP contribution in [0.2, 0.25) is 0 Å². The molecule has 1 N–H and O–H groups in total. The van der Waals surface area contributed by atoms with E-state index in [1.807, 2.05) is 12.1 Å². The van der Waals surface area contributed by atoms with Gasteiger partial charge in [0.05, 0.1) is 0 Å². The van der Waals surface area contributed by atoms with Gasteiger partial charge in [0.2, 0.25) is 5.91 Å². The SMILES string of the molecule is O=C(CCc1cccc(Br)c1)NC1CCN(Cc2ccccc2)CC1. The van der Waals surface area contributed by atoms with E-state index in [0.29, 0.717) is 12.5 Å². The van der Waals surface area contributed by atoms with E-state index in [4.69, 9.17) is 0 Å². The van der Waals surface area contributed by atoms with Crippen LogP contribution >= 0.6 is 15.9 Å². The number of benzene rings is 2. The molecule has 1 heterocycles. The minimum atomic E-state index is 0.168. The molecule has 0 aromatic heterocycles. The Kier molecular flexibility index (Phi) is 6.65. The van der Waals surface area contributed by atoms with Gasteiger partial charge < -0.3 is 5.32 Å². The van der Waals surface area contributed by atoms with Crippen LogP contribution in [0.3, 0.4) is 0 Å². The standard InChI is InChI=1S/C21H25BrN2O/c22-19-8-4-7-17(15-19)9-10-21(25)23-20-11-13-24(14-12-20)16-18-5-2-1-3-6-18/h1-8,15,20H,9-14,16H2,(H,23,25). The monoisotopic (exact) mass is 400 g/mol. The number of nitrogens with one attached hydrogen (secondary N) is 1. The average molecular weight is 401 g/mol. The topological polar surface area (TPSA) is 32.3 Å². The summed E-state index contributed by atoms with van der Waals surface area (Å²) in [4.78, 5) is 14.7. The van der Waals surface area contributed by atoms with Gasteiger partial charge >= 0.3 is 0 Å². The normalized spacial score (nSPS) is 15.9. The number of aryl methyl sites for hydroxylation is 1. The highest BCUT2D eigenvalue weighted by atomic mass is 79.9. The van der Waals surface area contributed by atoms with Crippen molar-refractivity contribution >= 4 is 21.8 Å². The first-order valence-corrected chi connectivity index (χ1v) is 9.78. The summed E-state index contributed by atoms with van der Waals surface area (Å²) < 4.78 is 1.07. The van der Waals surface area contributed by atoms with Crippen molar-refractivity contribution in [3.8, 4) is 0 Å². The largest absolute Gasteiger partial charge is 0.353 e. The predicted octanol–water partition coefficient (Wildman–Crippen LogP) is 4.16. The number of hydrogen-bond donors (Lipinski definition) is 1. The molecule has 3 rings (SSSR count). The van der Waals surface area contributed by atoms with Crippen LogP contribution in [0.4, 0.5) is 0 Å². The Hall–Kier alpha value is -1.65. The van der Waals surface area contributed by atoms with Gasteiger partial charge in [-0.2, -0.15) is 0 Å². The molecule has 1 aliphatic heterocycles. The second-order valence-electron chi connectivity index (χ2n) is 6.73. The zero-order chi connectivity index (χ0) is 17.5. The highest BCUT2D eigenvalue weighted by Gasteiger charge is 2.20. The van der Waals surface area contributed by atoms with Crippen LogP contribution in [0.25, 0.3) is 0 Å². The average Bonchev–Trinajstić information content (AvgIpc) is 2.63. The van der Waals surface area contributed by atoms with E-state index in [0.717, 1.165) is 43.4 Å². The molecular formula is C21H25BrN2O. The fourth-order valence-corrected chi connectivity index (χ4v) is 3.77. The van der Waals surface area contributed by atoms with Crippen LogP contribution in [-0.4, -0.2) is 29.9 Å². The minimum Gasteiger partial charge on any atom is -0.353 e. The fourth-order valence-electron chi connectivity index (χ4n) is 3.33. The molecule has 132 valence electrons. The van der Waals surface area contributed by atoms with Crippen LogP contribution in [0.5, 0.6) is 0 Å². The van der Waals surface area contributed by atoms with E-state index in [-0.39, 0.29) is 5.91 Å². The Morgan fingerprint density at radius 3 is 2.48 bits per heavy atom. The van der Waals surface area contributed by atoms with E-state index in [9.17, 15) is 4.79 Å². The second-order valence-corrected chi connectivity index (χ2v) is 7.65. The van der Waals surface area contributed by atoms with Crippen molar-refractivity contribution in [3.63, 3.8) is 0 Å². The van der Waals surface area contributed by atoms with Crippen molar-refractivity contribution in [1.82, 2.24) is 10.2 Å². The van der Waals surface area contributed by atoms with Crippen LogP contribution < -0.4 is 5.32 Å². The molecule has 0 spiro atoms. The van der Waals surface area contributed by atoms with Crippen LogP contribution in [0, 0.1) is 0 Å². The van der Waals surface area contributed by atoms with E-state index < -0.39 is 0 Å². The lowest BCUT2D eigenvalue weighted by atomic mass is 10.0. The molecule has 0 aliphatic carbocycles. The summed E-state index contributed by atoms with van der Waals surface area (Å²) in [7, 11) is 0. The van der Waals surface area contributed by atoms with Crippen molar-refractivity contribution < 1.29 is 4.79 Å².